The van der Waals surface area contributed by atoms with Gasteiger partial charge in [0, 0.05) is 6.42 Å². The lowest BCUT2D eigenvalue weighted by molar-refractivity contribution is -0.142. The zero-order valence-electron chi connectivity index (χ0n) is 17.4. The summed E-state index contributed by atoms with van der Waals surface area (Å²) < 4.78 is 5.18. The minimum Gasteiger partial charge on any atom is -0.480 e. The van der Waals surface area contributed by atoms with Crippen LogP contribution < -0.4 is 10.6 Å². The van der Waals surface area contributed by atoms with E-state index >= 15 is 0 Å². The fraction of sp³-hybridized carbons (Fsp3) is 0.348. The van der Waals surface area contributed by atoms with E-state index < -0.39 is 30.1 Å². The molecule has 160 valence electrons. The second-order valence-corrected chi connectivity index (χ2v) is 7.46. The molecule has 7 nitrogen and oxygen atoms in total. The molecule has 0 aliphatic carbocycles. The van der Waals surface area contributed by atoms with Gasteiger partial charge in [0.2, 0.25) is 5.91 Å². The molecule has 0 saturated heterocycles. The number of amides is 2. The van der Waals surface area contributed by atoms with E-state index in [1.54, 1.807) is 13.8 Å². The molecule has 0 fully saturated rings. The van der Waals surface area contributed by atoms with Gasteiger partial charge in [-0.2, -0.15) is 0 Å². The summed E-state index contributed by atoms with van der Waals surface area (Å²) in [4.78, 5) is 36.6. The zero-order chi connectivity index (χ0) is 22.1. The smallest absolute Gasteiger partial charge is 0.408 e. The lowest BCUT2D eigenvalue weighted by Gasteiger charge is -2.24. The Labute approximate surface area is 176 Å². The molecular formula is C23H28N2O5. The fourth-order valence-electron chi connectivity index (χ4n) is 2.95. The molecule has 0 unspecified atom stereocenters. The van der Waals surface area contributed by atoms with Crippen LogP contribution in [0.3, 0.4) is 0 Å². The van der Waals surface area contributed by atoms with E-state index in [-0.39, 0.29) is 18.9 Å². The van der Waals surface area contributed by atoms with Crippen molar-refractivity contribution in [3.05, 3.63) is 71.3 Å². The van der Waals surface area contributed by atoms with E-state index in [0.29, 0.717) is 0 Å². The highest BCUT2D eigenvalue weighted by molar-refractivity contribution is 5.89. The van der Waals surface area contributed by atoms with Gasteiger partial charge in [0.15, 0.2) is 0 Å². The quantitative estimate of drug-likeness (QED) is 0.587. The maximum atomic E-state index is 12.7. The first-order chi connectivity index (χ1) is 14.3. The molecule has 30 heavy (non-hydrogen) atoms. The molecule has 2 rings (SSSR count). The largest absolute Gasteiger partial charge is 0.480 e. The van der Waals surface area contributed by atoms with Crippen molar-refractivity contribution in [2.45, 2.75) is 45.9 Å². The number of carboxylic acid groups (broad SMARTS) is 1. The molecule has 7 heteroatoms. The van der Waals surface area contributed by atoms with Crippen LogP contribution in [0.1, 0.15) is 30.5 Å². The van der Waals surface area contributed by atoms with Crippen molar-refractivity contribution in [3.8, 4) is 0 Å². The van der Waals surface area contributed by atoms with Crippen LogP contribution in [0, 0.1) is 12.8 Å². The van der Waals surface area contributed by atoms with Crippen molar-refractivity contribution in [1.29, 1.82) is 0 Å². The molecule has 3 N–H and O–H groups in total. The van der Waals surface area contributed by atoms with Crippen molar-refractivity contribution in [2.24, 2.45) is 5.92 Å². The number of carbonyl (C=O) groups excluding carboxylic acids is 2. The molecule has 0 spiro atoms. The third-order valence-corrected chi connectivity index (χ3v) is 4.74. The maximum absolute atomic E-state index is 12.7. The number of nitrogens with one attached hydrogen (secondary N) is 2. The average molecular weight is 412 g/mol. The highest BCUT2D eigenvalue weighted by Gasteiger charge is 2.29. The van der Waals surface area contributed by atoms with Crippen LogP contribution in [0.15, 0.2) is 54.6 Å². The second kappa shape index (κ2) is 11.0. The van der Waals surface area contributed by atoms with Gasteiger partial charge in [0.1, 0.15) is 18.7 Å². The summed E-state index contributed by atoms with van der Waals surface area (Å²) in [5, 5.41) is 14.6. The Morgan fingerprint density at radius 3 is 2.20 bits per heavy atom. The van der Waals surface area contributed by atoms with Gasteiger partial charge in [-0.15, -0.1) is 0 Å². The predicted octanol–water partition coefficient (Wildman–Crippen LogP) is 3.06. The molecule has 0 bridgehead atoms. The van der Waals surface area contributed by atoms with E-state index in [9.17, 15) is 19.5 Å². The van der Waals surface area contributed by atoms with Crippen molar-refractivity contribution in [1.82, 2.24) is 10.6 Å². The van der Waals surface area contributed by atoms with Crippen LogP contribution in [0.25, 0.3) is 0 Å². The van der Waals surface area contributed by atoms with E-state index in [1.165, 1.54) is 0 Å². The number of benzene rings is 2. The van der Waals surface area contributed by atoms with Crippen LogP contribution in [0.5, 0.6) is 0 Å². The van der Waals surface area contributed by atoms with Gasteiger partial charge < -0.3 is 20.5 Å². The molecule has 0 heterocycles. The highest BCUT2D eigenvalue weighted by Crippen LogP contribution is 2.11. The van der Waals surface area contributed by atoms with Crippen molar-refractivity contribution in [3.63, 3.8) is 0 Å². The van der Waals surface area contributed by atoms with Crippen LogP contribution in [-0.4, -0.2) is 35.2 Å². The van der Waals surface area contributed by atoms with Crippen LogP contribution in [0.2, 0.25) is 0 Å². The number of rotatable bonds is 9. The van der Waals surface area contributed by atoms with Gasteiger partial charge in [0.05, 0.1) is 0 Å². The maximum Gasteiger partial charge on any atom is 0.408 e. The number of carbonyl (C=O) groups is 3. The molecule has 0 saturated carbocycles. The van der Waals surface area contributed by atoms with Crippen molar-refractivity contribution >= 4 is 18.0 Å². The van der Waals surface area contributed by atoms with Gasteiger partial charge in [-0.1, -0.05) is 68.4 Å². The van der Waals surface area contributed by atoms with Crippen molar-refractivity contribution < 1.29 is 24.2 Å². The Morgan fingerprint density at radius 1 is 0.967 bits per heavy atom. The molecule has 2 aromatic rings. The molecule has 0 radical (unpaired) electrons. The number of aliphatic carboxylic acids is 1. The summed E-state index contributed by atoms with van der Waals surface area (Å²) >= 11 is 0. The van der Waals surface area contributed by atoms with E-state index in [4.69, 9.17) is 4.74 Å². The Kier molecular flexibility index (Phi) is 8.41. The lowest BCUT2D eigenvalue weighted by atomic mass is 9.99. The summed E-state index contributed by atoms with van der Waals surface area (Å²) in [6.45, 7) is 5.49. The summed E-state index contributed by atoms with van der Waals surface area (Å²) in [6, 6.07) is 14.5. The first kappa shape index (κ1) is 22.9. The van der Waals surface area contributed by atoms with Crippen LogP contribution >= 0.6 is 0 Å². The predicted molar refractivity (Wildman–Crippen MR) is 113 cm³/mol. The Balaban J connectivity index is 1.99. The Hall–Kier alpha value is -3.35. The topological polar surface area (TPSA) is 105 Å². The Bertz CT molecular complexity index is 867. The minimum absolute atomic E-state index is 0.0736. The molecule has 2 aromatic carbocycles. The first-order valence-corrected chi connectivity index (χ1v) is 9.82. The summed E-state index contributed by atoms with van der Waals surface area (Å²) in [5.74, 6) is -1.97. The van der Waals surface area contributed by atoms with Crippen molar-refractivity contribution in [2.75, 3.05) is 0 Å². The minimum atomic E-state index is -1.14. The monoisotopic (exact) mass is 412 g/mol. The number of ether oxygens (including phenoxy) is 1. The summed E-state index contributed by atoms with van der Waals surface area (Å²) in [5.41, 5.74) is 2.60. The summed E-state index contributed by atoms with van der Waals surface area (Å²) in [6.07, 6.45) is -0.588. The third-order valence-electron chi connectivity index (χ3n) is 4.74. The Morgan fingerprint density at radius 2 is 1.60 bits per heavy atom. The lowest BCUT2D eigenvalue weighted by Crippen LogP contribution is -2.54. The van der Waals surface area contributed by atoms with E-state index in [2.05, 4.69) is 10.6 Å². The van der Waals surface area contributed by atoms with Crippen LogP contribution in [0.4, 0.5) is 4.79 Å². The second-order valence-electron chi connectivity index (χ2n) is 7.46. The average Bonchev–Trinajstić information content (AvgIpc) is 2.71. The fourth-order valence-corrected chi connectivity index (χ4v) is 2.95. The van der Waals surface area contributed by atoms with Gasteiger partial charge in [-0.05, 0) is 29.5 Å². The SMILES string of the molecule is Cc1ccccc1C[C@H](NC(=O)[C@@H](NC(=O)OCc1ccccc1)C(C)C)C(=O)O. The standard InChI is InChI=1S/C23H28N2O5/c1-15(2)20(25-23(29)30-14-17-10-5-4-6-11-17)21(26)24-19(22(27)28)13-18-12-8-7-9-16(18)3/h4-12,15,19-20H,13-14H2,1-3H3,(H,24,26)(H,25,29)(H,27,28)/t19-,20-/m0/s1. The molecule has 0 aliphatic rings. The highest BCUT2D eigenvalue weighted by atomic mass is 16.5. The molecule has 0 aliphatic heterocycles. The number of carboxylic acids is 1. The number of hydrogen-bond acceptors (Lipinski definition) is 4. The molecule has 0 aromatic heterocycles. The van der Waals surface area contributed by atoms with Gasteiger partial charge >= 0.3 is 12.1 Å². The third kappa shape index (κ3) is 6.92. The number of hydrogen-bond donors (Lipinski definition) is 3. The molecule has 2 atom stereocenters. The summed E-state index contributed by atoms with van der Waals surface area (Å²) in [7, 11) is 0. The van der Waals surface area contributed by atoms with E-state index in [0.717, 1.165) is 16.7 Å². The number of alkyl carbamates (subject to hydrolysis) is 1. The van der Waals surface area contributed by atoms with E-state index in [1.807, 2.05) is 61.5 Å². The molecular weight excluding hydrogens is 384 g/mol. The van der Waals surface area contributed by atoms with Crippen LogP contribution in [-0.2, 0) is 27.4 Å². The normalized spacial score (nSPS) is 12.7. The molecule has 2 amide bonds. The van der Waals surface area contributed by atoms with Gasteiger partial charge in [0.25, 0.3) is 0 Å². The van der Waals surface area contributed by atoms with Gasteiger partial charge in [-0.3, -0.25) is 4.79 Å². The zero-order valence-corrected chi connectivity index (χ0v) is 17.4. The number of aryl methyl sites for hydroxylation is 1. The van der Waals surface area contributed by atoms with Gasteiger partial charge in [-0.25, -0.2) is 9.59 Å². The first-order valence-electron chi connectivity index (χ1n) is 9.82.